The summed E-state index contributed by atoms with van der Waals surface area (Å²) in [4.78, 5) is 65.6. The second-order valence-corrected chi connectivity index (χ2v) is 8.58. The smallest absolute Gasteiger partial charge is 0.351 e. The molecule has 0 spiro atoms. The SMILES string of the molecule is CCCCNC(=O)c1cc(NC(=O)Cn2c3nc(=O)n(C)c(=O)c-3cc3c([N+](=O)[O-])cccc32)cn1C. The first kappa shape index (κ1) is 25.3. The van der Waals surface area contributed by atoms with Crippen molar-refractivity contribution in [3.8, 4) is 11.4 Å². The summed E-state index contributed by atoms with van der Waals surface area (Å²) in [5.74, 6) is -0.898. The van der Waals surface area contributed by atoms with Gasteiger partial charge >= 0.3 is 5.69 Å². The molecule has 0 radical (unpaired) electrons. The Hall–Kier alpha value is -4.81. The molecule has 2 amide bonds. The van der Waals surface area contributed by atoms with Gasteiger partial charge in [-0.25, -0.2) is 4.79 Å². The van der Waals surface area contributed by atoms with E-state index in [0.29, 0.717) is 17.9 Å². The van der Waals surface area contributed by atoms with Gasteiger partial charge in [0.2, 0.25) is 5.91 Å². The number of pyridine rings is 1. The van der Waals surface area contributed by atoms with E-state index in [1.807, 2.05) is 6.92 Å². The summed E-state index contributed by atoms with van der Waals surface area (Å²) in [7, 11) is 2.93. The normalized spacial score (nSPS) is 11.1. The van der Waals surface area contributed by atoms with E-state index in [1.54, 1.807) is 23.9 Å². The molecule has 3 heterocycles. The number of aromatic nitrogens is 4. The lowest BCUT2D eigenvalue weighted by atomic mass is 10.1. The molecule has 13 nitrogen and oxygen atoms in total. The number of hydrogen-bond acceptors (Lipinski definition) is 7. The Morgan fingerprint density at radius 1 is 1.16 bits per heavy atom. The highest BCUT2D eigenvalue weighted by Crippen LogP contribution is 2.30. The van der Waals surface area contributed by atoms with E-state index in [2.05, 4.69) is 15.6 Å². The van der Waals surface area contributed by atoms with E-state index in [0.717, 1.165) is 17.4 Å². The van der Waals surface area contributed by atoms with Crippen molar-refractivity contribution in [3.05, 3.63) is 73.2 Å². The van der Waals surface area contributed by atoms with Crippen molar-refractivity contribution >= 4 is 34.1 Å². The second kappa shape index (κ2) is 10.0. The maximum atomic E-state index is 13.1. The van der Waals surface area contributed by atoms with Crippen molar-refractivity contribution in [2.45, 2.75) is 26.3 Å². The van der Waals surface area contributed by atoms with E-state index < -0.39 is 28.6 Å². The first-order valence-corrected chi connectivity index (χ1v) is 11.5. The molecule has 0 saturated heterocycles. The molecule has 0 fully saturated rings. The van der Waals surface area contributed by atoms with Gasteiger partial charge in [0.15, 0.2) is 5.82 Å². The average Bonchev–Trinajstić information content (AvgIpc) is 3.22. The number of amides is 2. The largest absolute Gasteiger partial charge is 0.352 e. The lowest BCUT2D eigenvalue weighted by Gasteiger charge is -2.17. The fraction of sp³-hybridized carbons (Fsp3) is 0.292. The highest BCUT2D eigenvalue weighted by molar-refractivity contribution is 5.98. The van der Waals surface area contributed by atoms with Crippen molar-refractivity contribution in [3.63, 3.8) is 0 Å². The third kappa shape index (κ3) is 4.83. The molecule has 0 unspecified atom stereocenters. The number of nitro groups is 1. The number of hydrogen-bond donors (Lipinski definition) is 2. The number of unbranched alkanes of at least 4 members (excludes halogenated alkanes) is 1. The van der Waals surface area contributed by atoms with Gasteiger partial charge in [-0.2, -0.15) is 4.98 Å². The van der Waals surface area contributed by atoms with Crippen LogP contribution in [0.5, 0.6) is 0 Å². The first-order valence-electron chi connectivity index (χ1n) is 11.5. The Morgan fingerprint density at radius 2 is 1.92 bits per heavy atom. The minimum absolute atomic E-state index is 0.0394. The molecule has 0 atom stereocenters. The van der Waals surface area contributed by atoms with Gasteiger partial charge in [0.1, 0.15) is 12.2 Å². The Balaban J connectivity index is 1.73. The third-order valence-corrected chi connectivity index (χ3v) is 6.00. The zero-order valence-corrected chi connectivity index (χ0v) is 20.5. The third-order valence-electron chi connectivity index (χ3n) is 6.00. The number of carbonyl (C=O) groups is 2. The van der Waals surface area contributed by atoms with E-state index in [1.165, 1.54) is 35.9 Å². The Bertz CT molecular complexity index is 1630. The number of fused-ring (bicyclic) bond motifs is 2. The molecule has 2 aliphatic heterocycles. The predicted octanol–water partition coefficient (Wildman–Crippen LogP) is 1.62. The predicted molar refractivity (Wildman–Crippen MR) is 136 cm³/mol. The highest BCUT2D eigenvalue weighted by Gasteiger charge is 2.24. The number of aryl methyl sites for hydroxylation is 1. The molecular formula is C24H25N7O6. The molecule has 1 aromatic heterocycles. The molecule has 0 bridgehead atoms. The van der Waals surface area contributed by atoms with Crippen LogP contribution in [0, 0.1) is 10.1 Å². The van der Waals surface area contributed by atoms with Crippen molar-refractivity contribution in [1.82, 2.24) is 24.0 Å². The molecule has 192 valence electrons. The van der Waals surface area contributed by atoms with E-state index in [-0.39, 0.29) is 33.9 Å². The zero-order chi connectivity index (χ0) is 26.9. The molecular weight excluding hydrogens is 482 g/mol. The molecule has 4 rings (SSSR count). The van der Waals surface area contributed by atoms with Gasteiger partial charge in [-0.15, -0.1) is 0 Å². The number of nitro benzene ring substituents is 1. The summed E-state index contributed by atoms with van der Waals surface area (Å²) >= 11 is 0. The summed E-state index contributed by atoms with van der Waals surface area (Å²) in [5.41, 5.74) is -0.847. The highest BCUT2D eigenvalue weighted by atomic mass is 16.6. The van der Waals surface area contributed by atoms with Gasteiger partial charge in [-0.1, -0.05) is 19.4 Å². The average molecular weight is 508 g/mol. The first-order chi connectivity index (χ1) is 17.6. The molecule has 0 aliphatic carbocycles. The fourth-order valence-corrected chi connectivity index (χ4v) is 4.10. The Kier molecular flexibility index (Phi) is 6.87. The molecule has 37 heavy (non-hydrogen) atoms. The van der Waals surface area contributed by atoms with Crippen LogP contribution >= 0.6 is 0 Å². The van der Waals surface area contributed by atoms with E-state index >= 15 is 0 Å². The van der Waals surface area contributed by atoms with Gasteiger partial charge in [0.05, 0.1) is 27.1 Å². The fourth-order valence-electron chi connectivity index (χ4n) is 4.10. The standard InChI is InChI=1S/C24H25N7O6/c1-4-5-9-25-22(33)19-10-14(12-28(19)2)26-20(32)13-30-17-7-6-8-18(31(36)37)15(17)11-16-21(30)27-24(35)29(3)23(16)34/h6-8,10-12H,4-5,9,13H2,1-3H3,(H,25,33)(H,26,32). The summed E-state index contributed by atoms with van der Waals surface area (Å²) in [6.45, 7) is 2.15. The van der Waals surface area contributed by atoms with Gasteiger partial charge in [-0.3, -0.25) is 29.1 Å². The number of rotatable bonds is 8. The lowest BCUT2D eigenvalue weighted by Crippen LogP contribution is -2.36. The zero-order valence-electron chi connectivity index (χ0n) is 20.5. The van der Waals surface area contributed by atoms with Crippen LogP contribution in [0.3, 0.4) is 0 Å². The number of anilines is 1. The molecule has 13 heteroatoms. The van der Waals surface area contributed by atoms with Crippen molar-refractivity contribution in [1.29, 1.82) is 0 Å². The lowest BCUT2D eigenvalue weighted by molar-refractivity contribution is -0.383. The number of nitrogens with zero attached hydrogens (tertiary/aromatic N) is 5. The Labute approximate surface area is 209 Å². The summed E-state index contributed by atoms with van der Waals surface area (Å²) in [5, 5.41) is 17.3. The van der Waals surface area contributed by atoms with Gasteiger partial charge in [0.25, 0.3) is 17.2 Å². The number of non-ortho nitro benzene ring substituents is 1. The van der Waals surface area contributed by atoms with Crippen LogP contribution in [0.15, 0.2) is 46.1 Å². The molecule has 1 aromatic carbocycles. The maximum absolute atomic E-state index is 13.1. The van der Waals surface area contributed by atoms with Crippen LogP contribution in [0.25, 0.3) is 22.3 Å². The summed E-state index contributed by atoms with van der Waals surface area (Å²) in [6, 6.07) is 7.11. The minimum atomic E-state index is -0.821. The van der Waals surface area contributed by atoms with Crippen LogP contribution in [0.4, 0.5) is 11.4 Å². The van der Waals surface area contributed by atoms with Crippen LogP contribution in [0.1, 0.15) is 30.3 Å². The molecule has 0 saturated carbocycles. The number of carbonyl (C=O) groups excluding carboxylic acids is 2. The second-order valence-electron chi connectivity index (χ2n) is 8.58. The van der Waals surface area contributed by atoms with Gasteiger partial charge in [-0.05, 0) is 24.6 Å². The monoisotopic (exact) mass is 507 g/mol. The maximum Gasteiger partial charge on any atom is 0.352 e. The molecule has 2 aliphatic rings. The Morgan fingerprint density at radius 3 is 2.62 bits per heavy atom. The van der Waals surface area contributed by atoms with Crippen LogP contribution < -0.4 is 21.9 Å². The topological polar surface area (TPSA) is 163 Å². The van der Waals surface area contributed by atoms with Gasteiger partial charge in [0, 0.05) is 32.9 Å². The van der Waals surface area contributed by atoms with Crippen molar-refractivity contribution in [2.75, 3.05) is 11.9 Å². The summed E-state index contributed by atoms with van der Waals surface area (Å²) < 4.78 is 3.68. The number of benzene rings is 1. The molecule has 2 N–H and O–H groups in total. The van der Waals surface area contributed by atoms with E-state index in [9.17, 15) is 29.3 Å². The quantitative estimate of drug-likeness (QED) is 0.158. The van der Waals surface area contributed by atoms with E-state index in [4.69, 9.17) is 0 Å². The van der Waals surface area contributed by atoms with Crippen LogP contribution in [0.2, 0.25) is 0 Å². The number of nitrogens with one attached hydrogen (secondary N) is 2. The van der Waals surface area contributed by atoms with Crippen molar-refractivity contribution < 1.29 is 14.5 Å². The minimum Gasteiger partial charge on any atom is -0.351 e. The van der Waals surface area contributed by atoms with Gasteiger partial charge < -0.3 is 19.8 Å². The van der Waals surface area contributed by atoms with Crippen molar-refractivity contribution in [2.24, 2.45) is 14.1 Å². The summed E-state index contributed by atoms with van der Waals surface area (Å²) in [6.07, 6.45) is 3.36. The van der Waals surface area contributed by atoms with Crippen LogP contribution in [-0.2, 0) is 25.4 Å². The van der Waals surface area contributed by atoms with Crippen LogP contribution in [-0.4, -0.2) is 42.0 Å². The molecule has 2 aromatic rings.